The van der Waals surface area contributed by atoms with Crippen LogP contribution in [0.5, 0.6) is 0 Å². The summed E-state index contributed by atoms with van der Waals surface area (Å²) in [5, 5.41) is 1.46. The maximum absolute atomic E-state index is 11.9. The second-order valence-electron chi connectivity index (χ2n) is 4.54. The van der Waals surface area contributed by atoms with Gasteiger partial charge in [0.15, 0.2) is 5.78 Å². The number of aromatic nitrogens is 1. The highest BCUT2D eigenvalue weighted by atomic mass is 35.5. The molecule has 2 aromatic rings. The Morgan fingerprint density at radius 2 is 1.74 bits per heavy atom. The largest absolute Gasteiger partial charge is 0.317 e. The summed E-state index contributed by atoms with van der Waals surface area (Å²) in [7, 11) is 0. The second-order valence-corrected chi connectivity index (χ2v) is 5.79. The van der Waals surface area contributed by atoms with Gasteiger partial charge < -0.3 is 4.57 Å². The third kappa shape index (κ3) is 2.18. The molecule has 0 amide bonds. The molecule has 2 nitrogen and oxygen atoms in total. The molecule has 0 spiro atoms. The normalized spacial score (nSPS) is 14.6. The van der Waals surface area contributed by atoms with Crippen LogP contribution in [0.4, 0.5) is 0 Å². The van der Waals surface area contributed by atoms with Gasteiger partial charge in [-0.25, -0.2) is 0 Å². The van der Waals surface area contributed by atoms with Gasteiger partial charge in [-0.1, -0.05) is 34.8 Å². The summed E-state index contributed by atoms with van der Waals surface area (Å²) in [6, 6.07) is 5.14. The third-order valence-electron chi connectivity index (χ3n) is 3.33. The van der Waals surface area contributed by atoms with Crippen molar-refractivity contribution in [3.05, 3.63) is 50.7 Å². The van der Waals surface area contributed by atoms with Crippen LogP contribution in [0.25, 0.3) is 5.69 Å². The standard InChI is InChI=1S/C14H10Cl3NO/c15-8-6-10(16)14(11(17)7-8)18-5-4-9-12(18)2-1-3-13(9)19/h4-7H,1-3H2. The average molecular weight is 315 g/mol. The Labute approximate surface area is 125 Å². The lowest BCUT2D eigenvalue weighted by Gasteiger charge is -2.17. The fourth-order valence-electron chi connectivity index (χ4n) is 2.50. The summed E-state index contributed by atoms with van der Waals surface area (Å²) in [5.74, 6) is 0.182. The van der Waals surface area contributed by atoms with Crippen LogP contribution in [-0.4, -0.2) is 10.4 Å². The second kappa shape index (κ2) is 4.86. The number of benzene rings is 1. The van der Waals surface area contributed by atoms with E-state index >= 15 is 0 Å². The van der Waals surface area contributed by atoms with Gasteiger partial charge in [-0.3, -0.25) is 4.79 Å². The van der Waals surface area contributed by atoms with Crippen LogP contribution in [0.1, 0.15) is 28.9 Å². The van der Waals surface area contributed by atoms with Crippen molar-refractivity contribution in [1.82, 2.24) is 4.57 Å². The average Bonchev–Trinajstić information content (AvgIpc) is 2.73. The van der Waals surface area contributed by atoms with Crippen LogP contribution in [0.15, 0.2) is 24.4 Å². The van der Waals surface area contributed by atoms with Crippen molar-refractivity contribution >= 4 is 40.6 Å². The molecule has 19 heavy (non-hydrogen) atoms. The molecular formula is C14H10Cl3NO. The Hall–Kier alpha value is -0.960. The van der Waals surface area contributed by atoms with Crippen molar-refractivity contribution in [2.45, 2.75) is 19.3 Å². The molecule has 0 fully saturated rings. The van der Waals surface area contributed by atoms with Gasteiger partial charge in [0.1, 0.15) is 0 Å². The van der Waals surface area contributed by atoms with E-state index in [9.17, 15) is 4.79 Å². The van der Waals surface area contributed by atoms with Crippen molar-refractivity contribution in [3.63, 3.8) is 0 Å². The van der Waals surface area contributed by atoms with E-state index in [2.05, 4.69) is 0 Å². The Bertz CT molecular complexity index is 652. The van der Waals surface area contributed by atoms with Gasteiger partial charge in [0, 0.05) is 28.9 Å². The molecule has 1 aromatic heterocycles. The molecule has 0 radical (unpaired) electrons. The molecule has 1 aliphatic rings. The molecule has 0 unspecified atom stereocenters. The number of hydrogen-bond donors (Lipinski definition) is 0. The zero-order valence-electron chi connectivity index (χ0n) is 9.92. The Balaban J connectivity index is 2.21. The molecule has 0 saturated carbocycles. The molecule has 1 aliphatic carbocycles. The van der Waals surface area contributed by atoms with E-state index in [0.29, 0.717) is 27.2 Å². The third-order valence-corrected chi connectivity index (χ3v) is 4.13. The van der Waals surface area contributed by atoms with Crippen LogP contribution in [0, 0.1) is 0 Å². The topological polar surface area (TPSA) is 22.0 Å². The van der Waals surface area contributed by atoms with Crippen molar-refractivity contribution in [1.29, 1.82) is 0 Å². The van der Waals surface area contributed by atoms with Crippen LogP contribution in [-0.2, 0) is 6.42 Å². The fraction of sp³-hybridized carbons (Fsp3) is 0.214. The van der Waals surface area contributed by atoms with E-state index in [4.69, 9.17) is 34.8 Å². The molecule has 5 heteroatoms. The molecule has 1 aromatic carbocycles. The quantitative estimate of drug-likeness (QED) is 0.729. The molecule has 98 valence electrons. The number of rotatable bonds is 1. The summed E-state index contributed by atoms with van der Waals surface area (Å²) >= 11 is 18.4. The highest BCUT2D eigenvalue weighted by molar-refractivity contribution is 6.40. The van der Waals surface area contributed by atoms with E-state index in [1.54, 1.807) is 12.1 Å². The summed E-state index contributed by atoms with van der Waals surface area (Å²) in [5.41, 5.74) is 2.43. The summed E-state index contributed by atoms with van der Waals surface area (Å²) in [4.78, 5) is 11.9. The zero-order chi connectivity index (χ0) is 13.6. The monoisotopic (exact) mass is 313 g/mol. The van der Waals surface area contributed by atoms with Crippen molar-refractivity contribution in [2.75, 3.05) is 0 Å². The summed E-state index contributed by atoms with van der Waals surface area (Å²) < 4.78 is 1.90. The van der Waals surface area contributed by atoms with Gasteiger partial charge in [0.05, 0.1) is 15.7 Å². The minimum absolute atomic E-state index is 0.182. The number of Topliss-reactive ketones (excluding diaryl/α,β-unsaturated/α-hetero) is 1. The van der Waals surface area contributed by atoms with Gasteiger partial charge >= 0.3 is 0 Å². The van der Waals surface area contributed by atoms with E-state index in [1.807, 2.05) is 16.8 Å². The van der Waals surface area contributed by atoms with Crippen molar-refractivity contribution in [2.24, 2.45) is 0 Å². The molecule has 0 bridgehead atoms. The molecule has 1 heterocycles. The maximum Gasteiger partial charge on any atom is 0.164 e. The number of nitrogens with zero attached hydrogens (tertiary/aromatic N) is 1. The zero-order valence-corrected chi connectivity index (χ0v) is 12.2. The summed E-state index contributed by atoms with van der Waals surface area (Å²) in [6.07, 6.45) is 4.16. The lowest BCUT2D eigenvalue weighted by molar-refractivity contribution is 0.0972. The fourth-order valence-corrected chi connectivity index (χ4v) is 3.50. The van der Waals surface area contributed by atoms with Gasteiger partial charge in [0.25, 0.3) is 0 Å². The van der Waals surface area contributed by atoms with Gasteiger partial charge in [-0.15, -0.1) is 0 Å². The maximum atomic E-state index is 11.9. The molecule has 0 atom stereocenters. The first kappa shape index (κ1) is 13.0. The molecule has 3 rings (SSSR count). The first-order chi connectivity index (χ1) is 9.08. The first-order valence-corrected chi connectivity index (χ1v) is 7.09. The molecular weight excluding hydrogens is 305 g/mol. The van der Waals surface area contributed by atoms with Gasteiger partial charge in [-0.2, -0.15) is 0 Å². The minimum Gasteiger partial charge on any atom is -0.317 e. The highest BCUT2D eigenvalue weighted by Gasteiger charge is 2.23. The Morgan fingerprint density at radius 1 is 1.05 bits per heavy atom. The number of fused-ring (bicyclic) bond motifs is 1. The number of carbonyl (C=O) groups is 1. The SMILES string of the molecule is O=C1CCCc2c1ccn2-c1c(Cl)cc(Cl)cc1Cl. The van der Waals surface area contributed by atoms with Crippen LogP contribution in [0.2, 0.25) is 15.1 Å². The number of halogens is 3. The van der Waals surface area contributed by atoms with Crippen LogP contribution >= 0.6 is 34.8 Å². The van der Waals surface area contributed by atoms with E-state index in [0.717, 1.165) is 24.1 Å². The van der Waals surface area contributed by atoms with E-state index in [-0.39, 0.29) is 5.78 Å². The molecule has 0 saturated heterocycles. The number of carbonyl (C=O) groups excluding carboxylic acids is 1. The van der Waals surface area contributed by atoms with E-state index < -0.39 is 0 Å². The lowest BCUT2D eigenvalue weighted by atomic mass is 9.97. The number of hydrogen-bond acceptors (Lipinski definition) is 1. The molecule has 0 aliphatic heterocycles. The Morgan fingerprint density at radius 3 is 2.42 bits per heavy atom. The predicted molar refractivity (Wildman–Crippen MR) is 78.1 cm³/mol. The first-order valence-electron chi connectivity index (χ1n) is 5.96. The van der Waals surface area contributed by atoms with Gasteiger partial charge in [-0.05, 0) is 31.0 Å². The van der Waals surface area contributed by atoms with E-state index in [1.165, 1.54) is 0 Å². The van der Waals surface area contributed by atoms with Crippen LogP contribution < -0.4 is 0 Å². The highest BCUT2D eigenvalue weighted by Crippen LogP contribution is 2.35. The molecule has 0 N–H and O–H groups in total. The minimum atomic E-state index is 0.182. The summed E-state index contributed by atoms with van der Waals surface area (Å²) in [6.45, 7) is 0. The van der Waals surface area contributed by atoms with Crippen molar-refractivity contribution in [3.8, 4) is 5.69 Å². The van der Waals surface area contributed by atoms with Gasteiger partial charge in [0.2, 0.25) is 0 Å². The smallest absolute Gasteiger partial charge is 0.164 e. The van der Waals surface area contributed by atoms with Crippen molar-refractivity contribution < 1.29 is 4.79 Å². The number of ketones is 1. The van der Waals surface area contributed by atoms with Crippen LogP contribution in [0.3, 0.4) is 0 Å². The predicted octanol–water partition coefficient (Wildman–Crippen LogP) is 4.96. The lowest BCUT2D eigenvalue weighted by Crippen LogP contribution is -2.12. The Kier molecular flexibility index (Phi) is 3.34.